The molecule has 20 heavy (non-hydrogen) atoms. The van der Waals surface area contributed by atoms with Crippen LogP contribution in [0.2, 0.25) is 0 Å². The molecule has 0 spiro atoms. The summed E-state index contributed by atoms with van der Waals surface area (Å²) in [6, 6.07) is 4.79. The fourth-order valence-electron chi connectivity index (χ4n) is 2.13. The molecule has 0 aliphatic heterocycles. The van der Waals surface area contributed by atoms with E-state index in [1.54, 1.807) is 30.6 Å². The van der Waals surface area contributed by atoms with Gasteiger partial charge in [0, 0.05) is 35.6 Å². The molecule has 0 bridgehead atoms. The number of hydrogen-bond acceptors (Lipinski definition) is 4. The van der Waals surface area contributed by atoms with Gasteiger partial charge in [-0.05, 0) is 26.0 Å². The molecule has 5 heteroatoms. The summed E-state index contributed by atoms with van der Waals surface area (Å²) >= 11 is 1.66. The summed E-state index contributed by atoms with van der Waals surface area (Å²) in [5.41, 5.74) is 1.62. The first-order valence-corrected chi connectivity index (χ1v) is 7.46. The second kappa shape index (κ2) is 6.81. The monoisotopic (exact) mass is 294 g/mol. The smallest absolute Gasteiger partial charge is 0.131 e. The van der Waals surface area contributed by atoms with Gasteiger partial charge in [-0.15, -0.1) is 11.3 Å². The van der Waals surface area contributed by atoms with Gasteiger partial charge in [0.15, 0.2) is 0 Å². The topological polar surface area (TPSA) is 34.1 Å². The maximum atomic E-state index is 13.9. The molecule has 3 nitrogen and oxygen atoms in total. The summed E-state index contributed by atoms with van der Waals surface area (Å²) in [6.07, 6.45) is 0.847. The Labute approximate surface area is 122 Å². The lowest BCUT2D eigenvalue weighted by Gasteiger charge is -2.17. The standard InChI is InChI=1S/C15H19FN2OS/c1-10-9-20-14(18-10)7-8-17-11(2)15-12(16)5-4-6-13(15)19-3/h4-6,9,11,17H,7-8H2,1-3H3. The number of benzene rings is 1. The zero-order valence-corrected chi connectivity index (χ0v) is 12.8. The summed E-state index contributed by atoms with van der Waals surface area (Å²) < 4.78 is 19.1. The van der Waals surface area contributed by atoms with Crippen LogP contribution in [0, 0.1) is 12.7 Å². The highest BCUT2D eigenvalue weighted by molar-refractivity contribution is 7.09. The maximum Gasteiger partial charge on any atom is 0.131 e. The van der Waals surface area contributed by atoms with Crippen LogP contribution in [0.3, 0.4) is 0 Å². The van der Waals surface area contributed by atoms with Crippen LogP contribution >= 0.6 is 11.3 Å². The molecule has 1 atom stereocenters. The van der Waals surface area contributed by atoms with Crippen molar-refractivity contribution >= 4 is 11.3 Å². The molecule has 2 aromatic rings. The molecule has 0 aliphatic rings. The van der Waals surface area contributed by atoms with Gasteiger partial charge in [0.05, 0.1) is 12.1 Å². The number of ether oxygens (including phenoxy) is 1. The lowest BCUT2D eigenvalue weighted by molar-refractivity contribution is 0.394. The van der Waals surface area contributed by atoms with Crippen molar-refractivity contribution in [3.05, 3.63) is 45.7 Å². The van der Waals surface area contributed by atoms with Crippen LogP contribution in [0.4, 0.5) is 4.39 Å². The van der Waals surface area contributed by atoms with Crippen LogP contribution in [0.25, 0.3) is 0 Å². The molecule has 0 saturated carbocycles. The molecule has 0 saturated heterocycles. The van der Waals surface area contributed by atoms with Crippen LogP contribution in [0.1, 0.15) is 29.2 Å². The molecule has 1 heterocycles. The fourth-order valence-corrected chi connectivity index (χ4v) is 2.91. The van der Waals surface area contributed by atoms with E-state index in [9.17, 15) is 4.39 Å². The highest BCUT2D eigenvalue weighted by atomic mass is 32.1. The number of halogens is 1. The molecule has 1 aromatic heterocycles. The average molecular weight is 294 g/mol. The van der Waals surface area contributed by atoms with Gasteiger partial charge in [-0.2, -0.15) is 0 Å². The Kier molecular flexibility index (Phi) is 5.09. The quantitative estimate of drug-likeness (QED) is 0.885. The van der Waals surface area contributed by atoms with Crippen molar-refractivity contribution in [1.82, 2.24) is 10.3 Å². The predicted molar refractivity (Wildman–Crippen MR) is 79.9 cm³/mol. The predicted octanol–water partition coefficient (Wildman–Crippen LogP) is 3.49. The molecule has 108 valence electrons. The van der Waals surface area contributed by atoms with E-state index >= 15 is 0 Å². The number of hydrogen-bond donors (Lipinski definition) is 1. The molecular weight excluding hydrogens is 275 g/mol. The van der Waals surface area contributed by atoms with Gasteiger partial charge in [0.25, 0.3) is 0 Å². The normalized spacial score (nSPS) is 12.4. The molecule has 1 unspecified atom stereocenters. The van der Waals surface area contributed by atoms with Gasteiger partial charge in [0.2, 0.25) is 0 Å². The van der Waals surface area contributed by atoms with Crippen LogP contribution in [-0.4, -0.2) is 18.6 Å². The second-order valence-electron chi connectivity index (χ2n) is 4.66. The van der Waals surface area contributed by atoms with Crippen molar-refractivity contribution < 1.29 is 9.13 Å². The van der Waals surface area contributed by atoms with Gasteiger partial charge in [-0.3, -0.25) is 0 Å². The highest BCUT2D eigenvalue weighted by Crippen LogP contribution is 2.27. The number of aromatic nitrogens is 1. The van der Waals surface area contributed by atoms with Crippen molar-refractivity contribution in [2.24, 2.45) is 0 Å². The van der Waals surface area contributed by atoms with Gasteiger partial charge in [-0.1, -0.05) is 6.07 Å². The molecule has 0 fully saturated rings. The average Bonchev–Trinajstić information content (AvgIpc) is 2.83. The van der Waals surface area contributed by atoms with E-state index in [0.29, 0.717) is 11.3 Å². The van der Waals surface area contributed by atoms with Gasteiger partial charge < -0.3 is 10.1 Å². The summed E-state index contributed by atoms with van der Waals surface area (Å²) in [5, 5.41) is 6.46. The first-order valence-electron chi connectivity index (χ1n) is 6.58. The molecule has 1 aromatic carbocycles. The molecule has 2 rings (SSSR count). The lowest BCUT2D eigenvalue weighted by atomic mass is 10.1. The SMILES string of the molecule is COc1cccc(F)c1C(C)NCCc1nc(C)cs1. The highest BCUT2D eigenvalue weighted by Gasteiger charge is 2.15. The summed E-state index contributed by atoms with van der Waals surface area (Å²) in [5.74, 6) is 0.338. The van der Waals surface area contributed by atoms with Crippen LogP contribution in [0.15, 0.2) is 23.6 Å². The third-order valence-electron chi connectivity index (χ3n) is 3.12. The Bertz CT molecular complexity index is 571. The van der Waals surface area contributed by atoms with Crippen LogP contribution < -0.4 is 10.1 Å². The Balaban J connectivity index is 1.96. The van der Waals surface area contributed by atoms with Gasteiger partial charge in [-0.25, -0.2) is 9.37 Å². The lowest BCUT2D eigenvalue weighted by Crippen LogP contribution is -2.22. The Morgan fingerprint density at radius 1 is 1.45 bits per heavy atom. The second-order valence-corrected chi connectivity index (χ2v) is 5.61. The van der Waals surface area contributed by atoms with Gasteiger partial charge >= 0.3 is 0 Å². The zero-order chi connectivity index (χ0) is 14.5. The first kappa shape index (κ1) is 14.9. The zero-order valence-electron chi connectivity index (χ0n) is 11.9. The summed E-state index contributed by atoms with van der Waals surface area (Å²) in [6.45, 7) is 4.68. The van der Waals surface area contributed by atoms with Crippen molar-refractivity contribution in [2.45, 2.75) is 26.3 Å². The maximum absolute atomic E-state index is 13.9. The third-order valence-corrected chi connectivity index (χ3v) is 4.15. The fraction of sp³-hybridized carbons (Fsp3) is 0.400. The Hall–Kier alpha value is -1.46. The Morgan fingerprint density at radius 2 is 2.25 bits per heavy atom. The molecular formula is C15H19FN2OS. The van der Waals surface area contributed by atoms with Crippen molar-refractivity contribution in [3.63, 3.8) is 0 Å². The molecule has 0 radical (unpaired) electrons. The van der Waals surface area contributed by atoms with E-state index in [1.165, 1.54) is 6.07 Å². The van der Waals surface area contributed by atoms with E-state index < -0.39 is 0 Å². The number of nitrogens with one attached hydrogen (secondary N) is 1. The number of thiazole rings is 1. The first-order chi connectivity index (χ1) is 9.61. The molecule has 1 N–H and O–H groups in total. The minimum Gasteiger partial charge on any atom is -0.496 e. The summed E-state index contributed by atoms with van der Waals surface area (Å²) in [7, 11) is 1.56. The molecule has 0 amide bonds. The number of methoxy groups -OCH3 is 1. The van der Waals surface area contributed by atoms with E-state index in [4.69, 9.17) is 4.74 Å². The number of rotatable bonds is 6. The van der Waals surface area contributed by atoms with E-state index in [2.05, 4.69) is 10.3 Å². The van der Waals surface area contributed by atoms with E-state index in [1.807, 2.05) is 19.2 Å². The van der Waals surface area contributed by atoms with Crippen molar-refractivity contribution in [1.29, 1.82) is 0 Å². The van der Waals surface area contributed by atoms with E-state index in [-0.39, 0.29) is 11.9 Å². The number of aryl methyl sites for hydroxylation is 1. The van der Waals surface area contributed by atoms with Crippen molar-refractivity contribution in [3.8, 4) is 5.75 Å². The van der Waals surface area contributed by atoms with Crippen molar-refractivity contribution in [2.75, 3.05) is 13.7 Å². The van der Waals surface area contributed by atoms with Gasteiger partial charge in [0.1, 0.15) is 11.6 Å². The third kappa shape index (κ3) is 3.55. The van der Waals surface area contributed by atoms with E-state index in [0.717, 1.165) is 23.7 Å². The summed E-state index contributed by atoms with van der Waals surface area (Å²) in [4.78, 5) is 4.41. The van der Waals surface area contributed by atoms with Crippen LogP contribution in [-0.2, 0) is 6.42 Å². The minimum absolute atomic E-state index is 0.104. The van der Waals surface area contributed by atoms with Crippen LogP contribution in [0.5, 0.6) is 5.75 Å². The largest absolute Gasteiger partial charge is 0.496 e. The minimum atomic E-state index is -0.241. The molecule has 0 aliphatic carbocycles. The number of nitrogens with zero attached hydrogens (tertiary/aromatic N) is 1. The Morgan fingerprint density at radius 3 is 2.90 bits per heavy atom.